The first-order valence-corrected chi connectivity index (χ1v) is 7.98. The fraction of sp³-hybridized carbons (Fsp3) is 0.875. The maximum Gasteiger partial charge on any atom is 0.303 e. The van der Waals surface area contributed by atoms with Crippen LogP contribution in [0.2, 0.25) is 0 Å². The van der Waals surface area contributed by atoms with E-state index in [4.69, 9.17) is 5.11 Å². The predicted molar refractivity (Wildman–Crippen MR) is 77.3 cm³/mol. The lowest BCUT2D eigenvalue weighted by atomic mass is 9.79. The Balaban J connectivity index is 1.78. The number of rotatable bonds is 6. The van der Waals surface area contributed by atoms with E-state index in [1.54, 1.807) is 0 Å². The molecule has 1 amide bonds. The van der Waals surface area contributed by atoms with Gasteiger partial charge in [0.25, 0.3) is 0 Å². The van der Waals surface area contributed by atoms with Crippen LogP contribution in [0.25, 0.3) is 0 Å². The second-order valence-electron chi connectivity index (χ2n) is 7.04. The standard InChI is InChI=1S/C16H27NO3/c1-12-4-5-13(8-12)11-17-14(18)9-16(10-15(19)20)6-2-3-7-16/h12-13H,2-11H2,1H3,(H,17,18)(H,19,20). The number of aliphatic carboxylic acids is 1. The van der Waals surface area contributed by atoms with Gasteiger partial charge in [0.1, 0.15) is 0 Å². The van der Waals surface area contributed by atoms with E-state index in [0.717, 1.165) is 38.1 Å². The summed E-state index contributed by atoms with van der Waals surface area (Å²) in [5, 5.41) is 12.1. The van der Waals surface area contributed by atoms with Crippen LogP contribution in [0.4, 0.5) is 0 Å². The topological polar surface area (TPSA) is 66.4 Å². The lowest BCUT2D eigenvalue weighted by Gasteiger charge is -2.26. The van der Waals surface area contributed by atoms with Crippen molar-refractivity contribution in [3.05, 3.63) is 0 Å². The number of hydrogen-bond donors (Lipinski definition) is 2. The molecule has 20 heavy (non-hydrogen) atoms. The Hall–Kier alpha value is -1.06. The van der Waals surface area contributed by atoms with Crippen LogP contribution in [-0.2, 0) is 9.59 Å². The molecule has 2 fully saturated rings. The molecule has 0 aromatic carbocycles. The van der Waals surface area contributed by atoms with Crippen molar-refractivity contribution in [3.8, 4) is 0 Å². The normalized spacial score (nSPS) is 28.4. The Bertz CT molecular complexity index is 361. The maximum absolute atomic E-state index is 12.1. The van der Waals surface area contributed by atoms with Gasteiger partial charge in [0.2, 0.25) is 5.91 Å². The third-order valence-electron chi connectivity index (χ3n) is 5.12. The minimum atomic E-state index is -0.774. The molecule has 0 aliphatic heterocycles. The molecule has 0 heterocycles. The van der Waals surface area contributed by atoms with Gasteiger partial charge in [-0.2, -0.15) is 0 Å². The van der Waals surface area contributed by atoms with Gasteiger partial charge in [0.15, 0.2) is 0 Å². The highest BCUT2D eigenvalue weighted by atomic mass is 16.4. The number of carboxylic acids is 1. The summed E-state index contributed by atoms with van der Waals surface area (Å²) in [4.78, 5) is 23.1. The van der Waals surface area contributed by atoms with Gasteiger partial charge in [0, 0.05) is 13.0 Å². The summed E-state index contributed by atoms with van der Waals surface area (Å²) in [6, 6.07) is 0. The maximum atomic E-state index is 12.1. The van der Waals surface area contributed by atoms with Gasteiger partial charge in [0.05, 0.1) is 6.42 Å². The molecule has 4 nitrogen and oxygen atoms in total. The molecule has 2 aliphatic rings. The van der Waals surface area contributed by atoms with Crippen molar-refractivity contribution >= 4 is 11.9 Å². The SMILES string of the molecule is CC1CCC(CNC(=O)CC2(CC(=O)O)CCCC2)C1. The molecule has 0 saturated heterocycles. The van der Waals surface area contributed by atoms with Crippen molar-refractivity contribution in [1.82, 2.24) is 5.32 Å². The van der Waals surface area contributed by atoms with Gasteiger partial charge in [-0.15, -0.1) is 0 Å². The van der Waals surface area contributed by atoms with Crippen molar-refractivity contribution in [2.45, 2.75) is 64.7 Å². The fourth-order valence-corrected chi connectivity index (χ4v) is 4.03. The van der Waals surface area contributed by atoms with E-state index < -0.39 is 5.97 Å². The summed E-state index contributed by atoms with van der Waals surface area (Å²) < 4.78 is 0. The minimum absolute atomic E-state index is 0.0488. The fourth-order valence-electron chi connectivity index (χ4n) is 4.03. The summed E-state index contributed by atoms with van der Waals surface area (Å²) >= 11 is 0. The summed E-state index contributed by atoms with van der Waals surface area (Å²) in [6.07, 6.45) is 8.09. The van der Waals surface area contributed by atoms with Gasteiger partial charge in [-0.25, -0.2) is 0 Å². The van der Waals surface area contributed by atoms with Crippen LogP contribution < -0.4 is 5.32 Å². The number of amides is 1. The molecule has 2 rings (SSSR count). The summed E-state index contributed by atoms with van der Waals surface area (Å²) in [6.45, 7) is 3.04. The summed E-state index contributed by atoms with van der Waals surface area (Å²) in [5.74, 6) is 0.676. The Kier molecular flexibility index (Phi) is 5.06. The van der Waals surface area contributed by atoms with Gasteiger partial charge in [-0.3, -0.25) is 9.59 Å². The van der Waals surface area contributed by atoms with Gasteiger partial charge in [-0.1, -0.05) is 26.2 Å². The van der Waals surface area contributed by atoms with Crippen molar-refractivity contribution < 1.29 is 14.7 Å². The lowest BCUT2D eigenvalue weighted by Crippen LogP contribution is -2.34. The molecule has 2 atom stereocenters. The lowest BCUT2D eigenvalue weighted by molar-refractivity contribution is -0.140. The Morgan fingerprint density at radius 1 is 1.20 bits per heavy atom. The zero-order chi connectivity index (χ0) is 14.6. The van der Waals surface area contributed by atoms with Crippen LogP contribution in [0.5, 0.6) is 0 Å². The number of nitrogens with one attached hydrogen (secondary N) is 1. The summed E-state index contributed by atoms with van der Waals surface area (Å²) in [7, 11) is 0. The quantitative estimate of drug-likeness (QED) is 0.786. The van der Waals surface area contributed by atoms with E-state index in [0.29, 0.717) is 12.3 Å². The number of carbonyl (C=O) groups is 2. The molecule has 0 spiro atoms. The molecular formula is C16H27NO3. The molecule has 0 radical (unpaired) electrons. The molecule has 4 heteroatoms. The van der Waals surface area contributed by atoms with Crippen LogP contribution in [-0.4, -0.2) is 23.5 Å². The van der Waals surface area contributed by atoms with E-state index in [-0.39, 0.29) is 17.7 Å². The monoisotopic (exact) mass is 281 g/mol. The van der Waals surface area contributed by atoms with E-state index in [9.17, 15) is 9.59 Å². The molecule has 2 unspecified atom stereocenters. The molecule has 0 aromatic heterocycles. The first-order valence-electron chi connectivity index (χ1n) is 7.98. The highest BCUT2D eigenvalue weighted by Gasteiger charge is 2.38. The number of hydrogen-bond acceptors (Lipinski definition) is 2. The zero-order valence-corrected chi connectivity index (χ0v) is 12.5. The molecule has 0 aromatic rings. The van der Waals surface area contributed by atoms with Crippen molar-refractivity contribution in [3.63, 3.8) is 0 Å². The first kappa shape index (κ1) is 15.3. The van der Waals surface area contributed by atoms with Crippen LogP contribution in [0.1, 0.15) is 64.7 Å². The van der Waals surface area contributed by atoms with E-state index >= 15 is 0 Å². The highest BCUT2D eigenvalue weighted by molar-refractivity contribution is 5.78. The Labute approximate surface area is 121 Å². The van der Waals surface area contributed by atoms with Crippen molar-refractivity contribution in [2.75, 3.05) is 6.54 Å². The average Bonchev–Trinajstić information content (AvgIpc) is 2.95. The number of carbonyl (C=O) groups excluding carboxylic acids is 1. The predicted octanol–water partition coefficient (Wildman–Crippen LogP) is 2.96. The largest absolute Gasteiger partial charge is 0.481 e. The second-order valence-corrected chi connectivity index (χ2v) is 7.04. The third kappa shape index (κ3) is 4.22. The molecule has 2 saturated carbocycles. The first-order chi connectivity index (χ1) is 9.49. The van der Waals surface area contributed by atoms with Crippen molar-refractivity contribution in [1.29, 1.82) is 0 Å². The average molecular weight is 281 g/mol. The smallest absolute Gasteiger partial charge is 0.303 e. The van der Waals surface area contributed by atoms with Crippen LogP contribution >= 0.6 is 0 Å². The minimum Gasteiger partial charge on any atom is -0.481 e. The Morgan fingerprint density at radius 3 is 2.45 bits per heavy atom. The van der Waals surface area contributed by atoms with Gasteiger partial charge < -0.3 is 10.4 Å². The third-order valence-corrected chi connectivity index (χ3v) is 5.12. The van der Waals surface area contributed by atoms with Gasteiger partial charge >= 0.3 is 5.97 Å². The molecular weight excluding hydrogens is 254 g/mol. The zero-order valence-electron chi connectivity index (χ0n) is 12.5. The molecule has 2 aliphatic carbocycles. The molecule has 0 bridgehead atoms. The number of carboxylic acid groups (broad SMARTS) is 1. The second kappa shape index (κ2) is 6.59. The van der Waals surface area contributed by atoms with E-state index in [1.807, 2.05) is 0 Å². The molecule has 2 N–H and O–H groups in total. The van der Waals surface area contributed by atoms with Crippen LogP contribution in [0.15, 0.2) is 0 Å². The van der Waals surface area contributed by atoms with Crippen LogP contribution in [0.3, 0.4) is 0 Å². The van der Waals surface area contributed by atoms with Crippen molar-refractivity contribution in [2.24, 2.45) is 17.3 Å². The highest BCUT2D eigenvalue weighted by Crippen LogP contribution is 2.44. The Morgan fingerprint density at radius 2 is 1.90 bits per heavy atom. The van der Waals surface area contributed by atoms with Crippen LogP contribution in [0, 0.1) is 17.3 Å². The summed E-state index contributed by atoms with van der Waals surface area (Å²) in [5.41, 5.74) is -0.279. The van der Waals surface area contributed by atoms with E-state index in [2.05, 4.69) is 12.2 Å². The van der Waals surface area contributed by atoms with E-state index in [1.165, 1.54) is 19.3 Å². The van der Waals surface area contributed by atoms with Gasteiger partial charge in [-0.05, 0) is 42.9 Å². The molecule has 114 valence electrons.